The fourth-order valence-corrected chi connectivity index (χ4v) is 4.93. The van der Waals surface area contributed by atoms with Crippen molar-refractivity contribution < 1.29 is 22.5 Å². The van der Waals surface area contributed by atoms with E-state index >= 15 is 0 Å². The van der Waals surface area contributed by atoms with E-state index in [4.69, 9.17) is 9.26 Å². The number of carbonyl (C=O) groups excluding carboxylic acids is 1. The van der Waals surface area contributed by atoms with Gasteiger partial charge in [-0.2, -0.15) is 4.31 Å². The van der Waals surface area contributed by atoms with Crippen molar-refractivity contribution in [2.45, 2.75) is 20.5 Å². The normalized spacial score (nSPS) is 15.1. The van der Waals surface area contributed by atoms with Gasteiger partial charge in [0.1, 0.15) is 18.1 Å². The molecule has 1 saturated heterocycles. The summed E-state index contributed by atoms with van der Waals surface area (Å²) >= 11 is 0. The van der Waals surface area contributed by atoms with Crippen LogP contribution in [0, 0.1) is 13.8 Å². The minimum absolute atomic E-state index is 0.189. The second kappa shape index (κ2) is 10.2. The molecule has 34 heavy (non-hydrogen) atoms. The standard InChI is InChI=1S/C25H27N3O5S/c1-19-23(20(2)33-26-19)18-32-24-11-7-6-10-22(24)25(29)27-13-15-28(16-14-27)34(30,31)17-12-21-8-4-3-5-9-21/h3-12,17H,13-16,18H2,1-2H3/b17-12+. The van der Waals surface area contributed by atoms with Gasteiger partial charge in [-0.05, 0) is 37.6 Å². The first-order valence-electron chi connectivity index (χ1n) is 11.0. The van der Waals surface area contributed by atoms with E-state index in [-0.39, 0.29) is 25.6 Å². The predicted octanol–water partition coefficient (Wildman–Crippen LogP) is 3.63. The highest BCUT2D eigenvalue weighted by molar-refractivity contribution is 7.92. The van der Waals surface area contributed by atoms with Crippen LogP contribution < -0.4 is 4.74 Å². The molecule has 0 spiro atoms. The average molecular weight is 482 g/mol. The van der Waals surface area contributed by atoms with E-state index in [1.807, 2.05) is 50.2 Å². The molecule has 0 atom stereocenters. The van der Waals surface area contributed by atoms with Crippen molar-refractivity contribution in [1.29, 1.82) is 0 Å². The van der Waals surface area contributed by atoms with Gasteiger partial charge in [0.15, 0.2) is 0 Å². The Morgan fingerprint density at radius 2 is 1.71 bits per heavy atom. The number of sulfonamides is 1. The second-order valence-electron chi connectivity index (χ2n) is 8.04. The van der Waals surface area contributed by atoms with Gasteiger partial charge in [-0.1, -0.05) is 47.6 Å². The van der Waals surface area contributed by atoms with E-state index in [0.717, 1.165) is 16.8 Å². The first-order valence-corrected chi connectivity index (χ1v) is 12.5. The zero-order valence-corrected chi connectivity index (χ0v) is 20.0. The van der Waals surface area contributed by atoms with Gasteiger partial charge in [-0.15, -0.1) is 0 Å². The number of amides is 1. The Morgan fingerprint density at radius 3 is 2.38 bits per heavy atom. The molecule has 178 valence electrons. The minimum atomic E-state index is -3.57. The highest BCUT2D eigenvalue weighted by Crippen LogP contribution is 2.24. The number of aryl methyl sites for hydroxylation is 2. The molecule has 2 heterocycles. The topological polar surface area (TPSA) is 93.0 Å². The van der Waals surface area contributed by atoms with Crippen LogP contribution in [0.5, 0.6) is 5.75 Å². The van der Waals surface area contributed by atoms with Crippen molar-refractivity contribution >= 4 is 22.0 Å². The van der Waals surface area contributed by atoms with Gasteiger partial charge in [-0.25, -0.2) is 8.42 Å². The highest BCUT2D eigenvalue weighted by atomic mass is 32.2. The van der Waals surface area contributed by atoms with Crippen molar-refractivity contribution in [2.24, 2.45) is 0 Å². The summed E-state index contributed by atoms with van der Waals surface area (Å²) in [7, 11) is -3.57. The van der Waals surface area contributed by atoms with Crippen molar-refractivity contribution in [2.75, 3.05) is 26.2 Å². The molecular formula is C25H27N3O5S. The van der Waals surface area contributed by atoms with Crippen molar-refractivity contribution in [1.82, 2.24) is 14.4 Å². The van der Waals surface area contributed by atoms with E-state index in [1.54, 1.807) is 29.2 Å². The molecule has 9 heteroatoms. The summed E-state index contributed by atoms with van der Waals surface area (Å²) in [5.41, 5.74) is 2.85. The van der Waals surface area contributed by atoms with Crippen LogP contribution in [-0.4, -0.2) is 54.9 Å². The van der Waals surface area contributed by atoms with Crippen molar-refractivity contribution in [3.8, 4) is 5.75 Å². The summed E-state index contributed by atoms with van der Waals surface area (Å²) in [6.07, 6.45) is 1.58. The molecule has 0 aliphatic carbocycles. The number of benzene rings is 2. The summed E-state index contributed by atoms with van der Waals surface area (Å²) in [4.78, 5) is 14.9. The Bertz CT molecular complexity index is 1260. The third-order valence-electron chi connectivity index (χ3n) is 5.79. The highest BCUT2D eigenvalue weighted by Gasteiger charge is 2.29. The second-order valence-corrected chi connectivity index (χ2v) is 9.86. The number of hydrogen-bond donors (Lipinski definition) is 0. The van der Waals surface area contributed by atoms with Crippen LogP contribution in [0.15, 0.2) is 64.5 Å². The van der Waals surface area contributed by atoms with Crippen LogP contribution in [0.25, 0.3) is 6.08 Å². The lowest BCUT2D eigenvalue weighted by Gasteiger charge is -2.33. The molecule has 0 saturated carbocycles. The quantitative estimate of drug-likeness (QED) is 0.512. The van der Waals surface area contributed by atoms with Gasteiger partial charge in [0.25, 0.3) is 5.91 Å². The summed E-state index contributed by atoms with van der Waals surface area (Å²) in [6, 6.07) is 16.3. The molecule has 1 aliphatic rings. The summed E-state index contributed by atoms with van der Waals surface area (Å²) in [6.45, 7) is 4.97. The summed E-state index contributed by atoms with van der Waals surface area (Å²) in [5.74, 6) is 0.958. The number of aromatic nitrogens is 1. The molecule has 1 aromatic heterocycles. The fraction of sp³-hybridized carbons (Fsp3) is 0.280. The molecule has 0 bridgehead atoms. The maximum atomic E-state index is 13.2. The number of hydrogen-bond acceptors (Lipinski definition) is 6. The van der Waals surface area contributed by atoms with Gasteiger partial charge < -0.3 is 14.2 Å². The third-order valence-corrected chi connectivity index (χ3v) is 7.35. The SMILES string of the molecule is Cc1noc(C)c1COc1ccccc1C(=O)N1CCN(S(=O)(=O)/C=C/c2ccccc2)CC1. The minimum Gasteiger partial charge on any atom is -0.488 e. The first-order chi connectivity index (χ1) is 16.3. The van der Waals surface area contributed by atoms with Crippen molar-refractivity contribution in [3.63, 3.8) is 0 Å². The zero-order valence-electron chi connectivity index (χ0n) is 19.2. The summed E-state index contributed by atoms with van der Waals surface area (Å²) < 4.78 is 37.9. The Hall–Kier alpha value is -3.43. The number of para-hydroxylation sites is 1. The lowest BCUT2D eigenvalue weighted by Crippen LogP contribution is -2.50. The molecular weight excluding hydrogens is 454 g/mol. The molecule has 2 aromatic carbocycles. The van der Waals surface area contributed by atoms with Gasteiger partial charge in [0.05, 0.1) is 16.8 Å². The predicted molar refractivity (Wildman–Crippen MR) is 129 cm³/mol. The third kappa shape index (κ3) is 5.37. The van der Waals surface area contributed by atoms with Crippen LogP contribution in [0.4, 0.5) is 0 Å². The lowest BCUT2D eigenvalue weighted by molar-refractivity contribution is 0.0693. The maximum Gasteiger partial charge on any atom is 0.257 e. The smallest absolute Gasteiger partial charge is 0.257 e. The van der Waals surface area contributed by atoms with Gasteiger partial charge in [-0.3, -0.25) is 4.79 Å². The maximum absolute atomic E-state index is 13.2. The molecule has 0 radical (unpaired) electrons. The Labute approximate surface area is 199 Å². The molecule has 1 aliphatic heterocycles. The zero-order chi connectivity index (χ0) is 24.1. The molecule has 1 amide bonds. The van der Waals surface area contributed by atoms with Crippen LogP contribution in [0.1, 0.15) is 32.9 Å². The van der Waals surface area contributed by atoms with Crippen LogP contribution in [0.3, 0.4) is 0 Å². The Morgan fingerprint density at radius 1 is 1.03 bits per heavy atom. The molecule has 0 N–H and O–H groups in total. The average Bonchev–Trinajstić information content (AvgIpc) is 3.19. The number of piperazine rings is 1. The van der Waals surface area contributed by atoms with Crippen LogP contribution in [0.2, 0.25) is 0 Å². The monoisotopic (exact) mass is 481 g/mol. The number of rotatable bonds is 7. The summed E-state index contributed by atoms with van der Waals surface area (Å²) in [5, 5.41) is 5.15. The number of ether oxygens (including phenoxy) is 1. The molecule has 3 aromatic rings. The van der Waals surface area contributed by atoms with Gasteiger partial charge in [0.2, 0.25) is 10.0 Å². The van der Waals surface area contributed by atoms with Crippen LogP contribution in [-0.2, 0) is 16.6 Å². The lowest BCUT2D eigenvalue weighted by atomic mass is 10.1. The van der Waals surface area contributed by atoms with Gasteiger partial charge >= 0.3 is 0 Å². The Kier molecular flexibility index (Phi) is 7.14. The molecule has 8 nitrogen and oxygen atoms in total. The number of nitrogens with zero attached hydrogens (tertiary/aromatic N) is 3. The van der Waals surface area contributed by atoms with Gasteiger partial charge in [0, 0.05) is 31.6 Å². The van der Waals surface area contributed by atoms with E-state index in [0.29, 0.717) is 30.2 Å². The molecule has 1 fully saturated rings. The molecule has 0 unspecified atom stereocenters. The largest absolute Gasteiger partial charge is 0.488 e. The van der Waals surface area contributed by atoms with Crippen molar-refractivity contribution in [3.05, 3.63) is 88.1 Å². The number of carbonyl (C=O) groups is 1. The van der Waals surface area contributed by atoms with E-state index < -0.39 is 10.0 Å². The Balaban J connectivity index is 1.39. The molecule has 4 rings (SSSR count). The first kappa shape index (κ1) is 23.7. The van der Waals surface area contributed by atoms with Crippen LogP contribution >= 0.6 is 0 Å². The van der Waals surface area contributed by atoms with E-state index in [9.17, 15) is 13.2 Å². The van der Waals surface area contributed by atoms with E-state index in [1.165, 1.54) is 9.71 Å². The van der Waals surface area contributed by atoms with E-state index in [2.05, 4.69) is 5.16 Å². The fourth-order valence-electron chi connectivity index (χ4n) is 3.76.